The number of H-pyrrole nitrogens is 1. The molecule has 2 aromatic heterocycles. The maximum atomic E-state index is 11.8. The lowest BCUT2D eigenvalue weighted by molar-refractivity contribution is 0.0950. The van der Waals surface area contributed by atoms with Gasteiger partial charge in [-0.2, -0.15) is 0 Å². The maximum Gasteiger partial charge on any atom is 0.253 e. The van der Waals surface area contributed by atoms with Gasteiger partial charge in [-0.15, -0.1) is 11.3 Å². The molecule has 0 fully saturated rings. The number of thiophene rings is 1. The van der Waals surface area contributed by atoms with Crippen LogP contribution in [0.1, 0.15) is 16.1 Å². The van der Waals surface area contributed by atoms with Gasteiger partial charge in [-0.3, -0.25) is 4.79 Å². The monoisotopic (exact) mass is 363 g/mol. The van der Waals surface area contributed by atoms with E-state index in [0.29, 0.717) is 12.1 Å². The van der Waals surface area contributed by atoms with Crippen molar-refractivity contribution in [1.29, 1.82) is 0 Å². The van der Waals surface area contributed by atoms with E-state index < -0.39 is 0 Å². The SMILES string of the molecule is O=C(NCc1cnc[nH]1)c1cc(Br)sc1Br. The molecule has 0 bridgehead atoms. The number of amides is 1. The van der Waals surface area contributed by atoms with E-state index >= 15 is 0 Å². The Bertz CT molecular complexity index is 495. The summed E-state index contributed by atoms with van der Waals surface area (Å²) in [5.74, 6) is -0.108. The molecule has 0 aliphatic rings. The third-order valence-corrected chi connectivity index (χ3v) is 4.23. The third-order valence-electron chi connectivity index (χ3n) is 1.90. The zero-order chi connectivity index (χ0) is 11.5. The minimum Gasteiger partial charge on any atom is -0.347 e. The van der Waals surface area contributed by atoms with Gasteiger partial charge in [-0.05, 0) is 37.9 Å². The first kappa shape index (κ1) is 11.8. The lowest BCUT2D eigenvalue weighted by Crippen LogP contribution is -2.22. The van der Waals surface area contributed by atoms with E-state index in [9.17, 15) is 4.79 Å². The molecule has 0 spiro atoms. The first-order valence-corrected chi connectivity index (χ1v) is 6.77. The lowest BCUT2D eigenvalue weighted by atomic mass is 10.3. The second-order valence-corrected chi connectivity index (χ2v) is 6.75. The standard InChI is InChI=1S/C9H7Br2N3OS/c10-7-1-6(8(11)16-7)9(15)13-3-5-2-12-4-14-5/h1-2,4H,3H2,(H,12,14)(H,13,15). The van der Waals surface area contributed by atoms with E-state index in [4.69, 9.17) is 0 Å². The highest BCUT2D eigenvalue weighted by atomic mass is 79.9. The van der Waals surface area contributed by atoms with Crippen LogP contribution >= 0.6 is 43.2 Å². The molecular weight excluding hydrogens is 358 g/mol. The fourth-order valence-corrected chi connectivity index (χ4v) is 3.94. The van der Waals surface area contributed by atoms with Gasteiger partial charge in [-0.1, -0.05) is 0 Å². The second kappa shape index (κ2) is 5.11. The Morgan fingerprint density at radius 3 is 2.94 bits per heavy atom. The summed E-state index contributed by atoms with van der Waals surface area (Å²) in [4.78, 5) is 18.6. The quantitative estimate of drug-likeness (QED) is 0.879. The molecule has 0 aliphatic carbocycles. The van der Waals surface area contributed by atoms with Gasteiger partial charge >= 0.3 is 0 Å². The third kappa shape index (κ3) is 2.72. The molecule has 2 heterocycles. The predicted molar refractivity (Wildman–Crippen MR) is 69.5 cm³/mol. The summed E-state index contributed by atoms with van der Waals surface area (Å²) in [7, 11) is 0. The van der Waals surface area contributed by atoms with Crippen LogP contribution in [0.15, 0.2) is 26.2 Å². The average Bonchev–Trinajstić information content (AvgIpc) is 2.84. The molecule has 0 unspecified atom stereocenters. The van der Waals surface area contributed by atoms with Crippen LogP contribution in [-0.4, -0.2) is 15.9 Å². The number of rotatable bonds is 3. The fraction of sp³-hybridized carbons (Fsp3) is 0.111. The predicted octanol–water partition coefficient (Wildman–Crippen LogP) is 2.93. The number of nitrogens with zero attached hydrogens (tertiary/aromatic N) is 1. The minimum atomic E-state index is -0.108. The van der Waals surface area contributed by atoms with E-state index in [1.165, 1.54) is 11.3 Å². The van der Waals surface area contributed by atoms with Crippen LogP contribution < -0.4 is 5.32 Å². The Labute approximate surface area is 113 Å². The number of aromatic nitrogens is 2. The smallest absolute Gasteiger partial charge is 0.253 e. The van der Waals surface area contributed by atoms with Crippen LogP contribution in [0, 0.1) is 0 Å². The van der Waals surface area contributed by atoms with Gasteiger partial charge in [0.25, 0.3) is 5.91 Å². The van der Waals surface area contributed by atoms with E-state index in [2.05, 4.69) is 47.1 Å². The van der Waals surface area contributed by atoms with Gasteiger partial charge in [0.15, 0.2) is 0 Å². The van der Waals surface area contributed by atoms with Gasteiger partial charge in [0.1, 0.15) is 0 Å². The van der Waals surface area contributed by atoms with Crippen molar-refractivity contribution in [1.82, 2.24) is 15.3 Å². The molecule has 0 saturated heterocycles. The Morgan fingerprint density at radius 2 is 2.38 bits per heavy atom. The zero-order valence-electron chi connectivity index (χ0n) is 7.96. The number of carbonyl (C=O) groups excluding carboxylic acids is 1. The number of nitrogens with one attached hydrogen (secondary N) is 2. The van der Waals surface area contributed by atoms with Crippen LogP contribution in [0.4, 0.5) is 0 Å². The molecule has 7 heteroatoms. The van der Waals surface area contributed by atoms with Crippen molar-refractivity contribution in [2.24, 2.45) is 0 Å². The molecule has 0 saturated carbocycles. The summed E-state index contributed by atoms with van der Waals surface area (Å²) in [6.45, 7) is 0.443. The largest absolute Gasteiger partial charge is 0.347 e. The van der Waals surface area contributed by atoms with Crippen molar-refractivity contribution >= 4 is 49.1 Å². The highest BCUT2D eigenvalue weighted by molar-refractivity contribution is 9.12. The van der Waals surface area contributed by atoms with Gasteiger partial charge in [0.2, 0.25) is 0 Å². The number of hydrogen-bond donors (Lipinski definition) is 2. The Kier molecular flexibility index (Phi) is 3.78. The summed E-state index contributed by atoms with van der Waals surface area (Å²) in [5.41, 5.74) is 1.51. The minimum absolute atomic E-state index is 0.108. The van der Waals surface area contributed by atoms with Crippen molar-refractivity contribution in [3.05, 3.63) is 37.4 Å². The number of aromatic amines is 1. The Morgan fingerprint density at radius 1 is 1.56 bits per heavy atom. The summed E-state index contributed by atoms with van der Waals surface area (Å²) in [5, 5.41) is 2.80. The molecule has 16 heavy (non-hydrogen) atoms. The summed E-state index contributed by atoms with van der Waals surface area (Å²) < 4.78 is 1.74. The first-order valence-electron chi connectivity index (χ1n) is 4.37. The van der Waals surface area contributed by atoms with Gasteiger partial charge in [0, 0.05) is 6.20 Å². The summed E-state index contributed by atoms with van der Waals surface area (Å²) >= 11 is 8.15. The van der Waals surface area contributed by atoms with Crippen molar-refractivity contribution in [3.63, 3.8) is 0 Å². The van der Waals surface area contributed by atoms with Crippen molar-refractivity contribution in [2.45, 2.75) is 6.54 Å². The van der Waals surface area contributed by atoms with Crippen molar-refractivity contribution < 1.29 is 4.79 Å². The van der Waals surface area contributed by atoms with Crippen molar-refractivity contribution in [2.75, 3.05) is 0 Å². The Balaban J connectivity index is 2.01. The maximum absolute atomic E-state index is 11.8. The molecule has 0 radical (unpaired) electrons. The molecule has 0 atom stereocenters. The molecule has 2 aromatic rings. The van der Waals surface area contributed by atoms with Crippen LogP contribution in [0.25, 0.3) is 0 Å². The molecule has 1 amide bonds. The highest BCUT2D eigenvalue weighted by Crippen LogP contribution is 2.31. The molecular formula is C9H7Br2N3OS. The van der Waals surface area contributed by atoms with Crippen molar-refractivity contribution in [3.8, 4) is 0 Å². The number of carbonyl (C=O) groups is 1. The zero-order valence-corrected chi connectivity index (χ0v) is 11.9. The van der Waals surface area contributed by atoms with Gasteiger partial charge < -0.3 is 10.3 Å². The van der Waals surface area contributed by atoms with Crippen LogP contribution in [-0.2, 0) is 6.54 Å². The normalized spacial score (nSPS) is 10.4. The van der Waals surface area contributed by atoms with Crippen LogP contribution in [0.3, 0.4) is 0 Å². The lowest BCUT2D eigenvalue weighted by Gasteiger charge is -2.01. The second-order valence-electron chi connectivity index (χ2n) is 3.00. The van der Waals surface area contributed by atoms with E-state index in [-0.39, 0.29) is 5.91 Å². The van der Waals surface area contributed by atoms with Gasteiger partial charge in [-0.25, -0.2) is 4.98 Å². The number of halogens is 2. The molecule has 0 aromatic carbocycles. The molecule has 2 N–H and O–H groups in total. The molecule has 2 rings (SSSR count). The summed E-state index contributed by atoms with van der Waals surface area (Å²) in [6.07, 6.45) is 3.26. The van der Waals surface area contributed by atoms with E-state index in [1.54, 1.807) is 18.6 Å². The Hall–Kier alpha value is -0.660. The van der Waals surface area contributed by atoms with E-state index in [1.807, 2.05) is 0 Å². The van der Waals surface area contributed by atoms with E-state index in [0.717, 1.165) is 13.3 Å². The number of imidazole rings is 1. The van der Waals surface area contributed by atoms with Crippen LogP contribution in [0.5, 0.6) is 0 Å². The molecule has 0 aliphatic heterocycles. The van der Waals surface area contributed by atoms with Crippen LogP contribution in [0.2, 0.25) is 0 Å². The fourth-order valence-electron chi connectivity index (χ4n) is 1.15. The topological polar surface area (TPSA) is 57.8 Å². The highest BCUT2D eigenvalue weighted by Gasteiger charge is 2.13. The summed E-state index contributed by atoms with van der Waals surface area (Å²) in [6, 6.07) is 1.79. The molecule has 84 valence electrons. The van der Waals surface area contributed by atoms with Gasteiger partial charge in [0.05, 0.1) is 31.7 Å². The number of hydrogen-bond acceptors (Lipinski definition) is 3. The first-order chi connectivity index (χ1) is 7.66. The molecule has 4 nitrogen and oxygen atoms in total. The average molecular weight is 365 g/mol.